The number of alkyl halides is 2. The fraction of sp³-hybridized carbons (Fsp3) is 0.368. The lowest BCUT2D eigenvalue weighted by Gasteiger charge is -2.06. The number of aryl methyl sites for hydroxylation is 2. The van der Waals surface area contributed by atoms with Gasteiger partial charge >= 0.3 is 0 Å². The maximum Gasteiger partial charge on any atom is -0.000156 e. The molecule has 2 aromatic carbocycles. The first kappa shape index (κ1) is 17.3. The zero-order chi connectivity index (χ0) is 14.9. The van der Waals surface area contributed by atoms with Gasteiger partial charge in [-0.2, -0.15) is 0 Å². The molecule has 0 bridgehead atoms. The number of hydrogen-bond acceptors (Lipinski definition) is 0. The second-order valence-corrected chi connectivity index (χ2v) is 7.55. The molecule has 0 saturated heterocycles. The molecule has 0 heterocycles. The van der Waals surface area contributed by atoms with Crippen molar-refractivity contribution in [2.45, 2.75) is 32.1 Å². The summed E-state index contributed by atoms with van der Waals surface area (Å²) < 4.78 is 2.48. The Hall–Kier alpha value is -0.100. The van der Waals surface area contributed by atoms with Gasteiger partial charge in [0.2, 0.25) is 0 Å². The molecule has 2 rings (SSSR count). The molecule has 0 aliphatic heterocycles. The molecule has 21 heavy (non-hydrogen) atoms. The summed E-state index contributed by atoms with van der Waals surface area (Å²) in [4.78, 5) is 0. The second-order valence-electron chi connectivity index (χ2n) is 5.39. The average molecular weight is 504 g/mol. The lowest BCUT2D eigenvalue weighted by molar-refractivity contribution is 0.941. The van der Waals surface area contributed by atoms with Crippen LogP contribution in [0.1, 0.15) is 35.1 Å². The van der Waals surface area contributed by atoms with Crippen molar-refractivity contribution in [3.63, 3.8) is 0 Å². The van der Waals surface area contributed by atoms with Gasteiger partial charge in [-0.25, -0.2) is 0 Å². The molecule has 0 spiro atoms. The highest BCUT2D eigenvalue weighted by Crippen LogP contribution is 2.14. The van der Waals surface area contributed by atoms with Gasteiger partial charge in [0.25, 0.3) is 0 Å². The maximum absolute atomic E-state index is 2.45. The summed E-state index contributed by atoms with van der Waals surface area (Å²) in [7, 11) is 0. The monoisotopic (exact) mass is 504 g/mol. The number of hydrogen-bond donors (Lipinski definition) is 0. The van der Waals surface area contributed by atoms with E-state index < -0.39 is 0 Å². The van der Waals surface area contributed by atoms with E-state index in [1.165, 1.54) is 56.8 Å². The molecule has 0 N–H and O–H groups in total. The van der Waals surface area contributed by atoms with Crippen LogP contribution in [0.25, 0.3) is 0 Å². The van der Waals surface area contributed by atoms with E-state index in [-0.39, 0.29) is 0 Å². The van der Waals surface area contributed by atoms with Crippen LogP contribution in [-0.2, 0) is 19.3 Å². The SMILES string of the molecule is ICCCc1ccc(Cc2ccc(CCCI)cc2)cc1. The second kappa shape index (κ2) is 9.82. The van der Waals surface area contributed by atoms with Gasteiger partial charge in [-0.1, -0.05) is 93.7 Å². The normalized spacial score (nSPS) is 10.8. The van der Waals surface area contributed by atoms with Crippen molar-refractivity contribution >= 4 is 45.2 Å². The maximum atomic E-state index is 2.45. The largest absolute Gasteiger partial charge is 0.0864 e. The molecule has 0 saturated carbocycles. The average Bonchev–Trinajstić information content (AvgIpc) is 2.53. The van der Waals surface area contributed by atoms with Crippen LogP contribution in [0.4, 0.5) is 0 Å². The molecule has 0 aliphatic carbocycles. The minimum atomic E-state index is 1.04. The zero-order valence-electron chi connectivity index (χ0n) is 12.3. The molecular formula is C19H22I2. The van der Waals surface area contributed by atoms with Gasteiger partial charge in [-0.05, 0) is 63.2 Å². The summed E-state index contributed by atoms with van der Waals surface area (Å²) in [6.45, 7) is 0. The number of halogens is 2. The lowest BCUT2D eigenvalue weighted by Crippen LogP contribution is -1.92. The summed E-state index contributed by atoms with van der Waals surface area (Å²) in [5.74, 6) is 0. The van der Waals surface area contributed by atoms with E-state index in [1.54, 1.807) is 0 Å². The van der Waals surface area contributed by atoms with Crippen LogP contribution in [0.5, 0.6) is 0 Å². The molecule has 0 nitrogen and oxygen atoms in total. The van der Waals surface area contributed by atoms with Crippen molar-refractivity contribution < 1.29 is 0 Å². The van der Waals surface area contributed by atoms with E-state index in [1.807, 2.05) is 0 Å². The minimum absolute atomic E-state index is 1.04. The van der Waals surface area contributed by atoms with E-state index in [0.717, 1.165) is 6.42 Å². The zero-order valence-corrected chi connectivity index (χ0v) is 16.6. The van der Waals surface area contributed by atoms with Gasteiger partial charge in [0, 0.05) is 0 Å². The molecule has 0 aliphatic rings. The Labute approximate surface area is 156 Å². The summed E-state index contributed by atoms with van der Waals surface area (Å²) in [5.41, 5.74) is 5.75. The number of rotatable bonds is 8. The fourth-order valence-electron chi connectivity index (χ4n) is 2.43. The van der Waals surface area contributed by atoms with Gasteiger partial charge in [-0.3, -0.25) is 0 Å². The molecule has 2 aromatic rings. The van der Waals surface area contributed by atoms with Gasteiger partial charge in [0.15, 0.2) is 0 Å². The van der Waals surface area contributed by atoms with Crippen LogP contribution in [-0.4, -0.2) is 8.86 Å². The lowest BCUT2D eigenvalue weighted by atomic mass is 10.0. The quantitative estimate of drug-likeness (QED) is 0.305. The topological polar surface area (TPSA) is 0 Å². The molecule has 0 fully saturated rings. The molecule has 0 unspecified atom stereocenters. The predicted octanol–water partition coefficient (Wildman–Crippen LogP) is 6.01. The van der Waals surface area contributed by atoms with Crippen LogP contribution in [0.3, 0.4) is 0 Å². The summed E-state index contributed by atoms with van der Waals surface area (Å²) >= 11 is 4.89. The highest BCUT2D eigenvalue weighted by Gasteiger charge is 1.99. The number of benzene rings is 2. The van der Waals surface area contributed by atoms with Crippen LogP contribution in [0.15, 0.2) is 48.5 Å². The molecule has 0 atom stereocenters. The smallest absolute Gasteiger partial charge is 0.000156 e. The Morgan fingerprint density at radius 2 is 0.857 bits per heavy atom. The first-order chi connectivity index (χ1) is 10.3. The van der Waals surface area contributed by atoms with Gasteiger partial charge < -0.3 is 0 Å². The Bertz CT molecular complexity index is 465. The van der Waals surface area contributed by atoms with Crippen LogP contribution in [0.2, 0.25) is 0 Å². The molecule has 0 amide bonds. The third kappa shape index (κ3) is 6.27. The Morgan fingerprint density at radius 1 is 0.524 bits per heavy atom. The van der Waals surface area contributed by atoms with E-state index in [0.29, 0.717) is 0 Å². The van der Waals surface area contributed by atoms with Gasteiger partial charge in [-0.15, -0.1) is 0 Å². The first-order valence-corrected chi connectivity index (χ1v) is 10.6. The van der Waals surface area contributed by atoms with Gasteiger partial charge in [0.05, 0.1) is 0 Å². The van der Waals surface area contributed by atoms with Crippen molar-refractivity contribution in [1.29, 1.82) is 0 Å². The van der Waals surface area contributed by atoms with Crippen molar-refractivity contribution in [3.05, 3.63) is 70.8 Å². The molecule has 0 radical (unpaired) electrons. The van der Waals surface area contributed by atoms with E-state index in [9.17, 15) is 0 Å². The third-order valence-electron chi connectivity index (χ3n) is 3.65. The van der Waals surface area contributed by atoms with Crippen molar-refractivity contribution in [2.75, 3.05) is 8.86 Å². The Kier molecular flexibility index (Phi) is 8.07. The summed E-state index contributed by atoms with van der Waals surface area (Å²) in [6, 6.07) is 18.3. The summed E-state index contributed by atoms with van der Waals surface area (Å²) in [5, 5.41) is 0. The Morgan fingerprint density at radius 3 is 1.19 bits per heavy atom. The molecular weight excluding hydrogens is 482 g/mol. The highest BCUT2D eigenvalue weighted by molar-refractivity contribution is 14.1. The minimum Gasteiger partial charge on any atom is -0.0864 e. The first-order valence-electron chi connectivity index (χ1n) is 7.59. The van der Waals surface area contributed by atoms with Crippen molar-refractivity contribution in [2.24, 2.45) is 0 Å². The molecule has 112 valence electrons. The van der Waals surface area contributed by atoms with Crippen LogP contribution >= 0.6 is 45.2 Å². The van der Waals surface area contributed by atoms with Crippen molar-refractivity contribution in [1.82, 2.24) is 0 Å². The fourth-order valence-corrected chi connectivity index (χ4v) is 3.19. The van der Waals surface area contributed by atoms with Gasteiger partial charge in [0.1, 0.15) is 0 Å². The van der Waals surface area contributed by atoms with Crippen molar-refractivity contribution in [3.8, 4) is 0 Å². The van der Waals surface area contributed by atoms with Crippen LogP contribution in [0, 0.1) is 0 Å². The highest BCUT2D eigenvalue weighted by atomic mass is 127. The van der Waals surface area contributed by atoms with E-state index >= 15 is 0 Å². The molecule has 2 heteroatoms. The summed E-state index contributed by atoms with van der Waals surface area (Å²) in [6.07, 6.45) is 6.00. The predicted molar refractivity (Wildman–Crippen MR) is 110 cm³/mol. The molecule has 0 aromatic heterocycles. The Balaban J connectivity index is 1.91. The van der Waals surface area contributed by atoms with E-state index in [4.69, 9.17) is 0 Å². The van der Waals surface area contributed by atoms with Crippen LogP contribution < -0.4 is 0 Å². The standard InChI is InChI=1S/C19H22I2/c20-13-1-3-16-5-9-18(10-6-16)15-19-11-7-17(8-12-19)4-2-14-21/h5-12H,1-4,13-15H2. The third-order valence-corrected chi connectivity index (χ3v) is 5.18. The van der Waals surface area contributed by atoms with E-state index in [2.05, 4.69) is 93.7 Å².